The van der Waals surface area contributed by atoms with Gasteiger partial charge in [-0.05, 0) is 32.4 Å². The lowest BCUT2D eigenvalue weighted by Crippen LogP contribution is -2.24. The zero-order chi connectivity index (χ0) is 15.3. The first-order chi connectivity index (χ1) is 10.00. The third-order valence-electron chi connectivity index (χ3n) is 3.64. The topological polar surface area (TPSA) is 51.0 Å². The van der Waals surface area contributed by atoms with Gasteiger partial charge in [-0.1, -0.05) is 49.3 Å². The molecule has 2 rings (SSSR count). The highest BCUT2D eigenvalue weighted by molar-refractivity contribution is 5.30. The van der Waals surface area contributed by atoms with Gasteiger partial charge in [-0.2, -0.15) is 4.98 Å². The summed E-state index contributed by atoms with van der Waals surface area (Å²) in [5.74, 6) is 1.47. The summed E-state index contributed by atoms with van der Waals surface area (Å²) in [6, 6.07) is 10.8. The maximum atomic E-state index is 5.39. The van der Waals surface area contributed by atoms with Crippen LogP contribution in [0.4, 0.5) is 0 Å². The van der Waals surface area contributed by atoms with E-state index in [0.29, 0.717) is 6.04 Å². The van der Waals surface area contributed by atoms with Crippen LogP contribution >= 0.6 is 0 Å². The van der Waals surface area contributed by atoms with Gasteiger partial charge in [0.2, 0.25) is 5.89 Å². The molecule has 1 aromatic heterocycles. The molecule has 0 spiro atoms. The zero-order valence-electron chi connectivity index (χ0n) is 13.4. The molecular formula is C17H25N3O. The number of hydrogen-bond acceptors (Lipinski definition) is 4. The molecular weight excluding hydrogens is 262 g/mol. The number of rotatable bonds is 7. The van der Waals surface area contributed by atoms with E-state index in [1.165, 1.54) is 5.56 Å². The van der Waals surface area contributed by atoms with E-state index in [9.17, 15) is 0 Å². The van der Waals surface area contributed by atoms with Gasteiger partial charge in [0, 0.05) is 12.5 Å². The summed E-state index contributed by atoms with van der Waals surface area (Å²) >= 11 is 0. The number of aryl methyl sites for hydroxylation is 1. The Morgan fingerprint density at radius 1 is 1.19 bits per heavy atom. The Kier molecular flexibility index (Phi) is 5.12. The fourth-order valence-electron chi connectivity index (χ4n) is 2.22. The molecule has 114 valence electrons. The van der Waals surface area contributed by atoms with Crippen LogP contribution < -0.4 is 5.32 Å². The second kappa shape index (κ2) is 6.85. The Morgan fingerprint density at radius 3 is 2.57 bits per heavy atom. The summed E-state index contributed by atoms with van der Waals surface area (Å²) in [6.45, 7) is 9.51. The van der Waals surface area contributed by atoms with Crippen LogP contribution in [-0.4, -0.2) is 22.7 Å². The largest absolute Gasteiger partial charge is 0.339 e. The van der Waals surface area contributed by atoms with Crippen molar-refractivity contribution in [1.82, 2.24) is 15.5 Å². The number of nitrogens with zero attached hydrogens (tertiary/aromatic N) is 2. The van der Waals surface area contributed by atoms with E-state index in [1.807, 2.05) is 18.2 Å². The van der Waals surface area contributed by atoms with Crippen LogP contribution in [0.2, 0.25) is 0 Å². The Labute approximate surface area is 127 Å². The van der Waals surface area contributed by atoms with Gasteiger partial charge in [0.05, 0.1) is 5.41 Å². The maximum absolute atomic E-state index is 5.39. The highest BCUT2D eigenvalue weighted by atomic mass is 16.5. The van der Waals surface area contributed by atoms with E-state index in [2.05, 4.69) is 55.3 Å². The van der Waals surface area contributed by atoms with E-state index in [0.717, 1.165) is 31.1 Å². The van der Waals surface area contributed by atoms with Gasteiger partial charge in [0.15, 0.2) is 5.82 Å². The lowest BCUT2D eigenvalue weighted by Gasteiger charge is -2.20. The minimum absolute atomic E-state index is 0.237. The highest BCUT2D eigenvalue weighted by Crippen LogP contribution is 2.28. The lowest BCUT2D eigenvalue weighted by molar-refractivity contribution is 0.362. The van der Waals surface area contributed by atoms with Crippen molar-refractivity contribution in [3.05, 3.63) is 47.6 Å². The molecule has 0 saturated carbocycles. The molecule has 1 heterocycles. The molecule has 0 unspecified atom stereocenters. The van der Waals surface area contributed by atoms with Gasteiger partial charge < -0.3 is 9.84 Å². The van der Waals surface area contributed by atoms with Crippen molar-refractivity contribution >= 4 is 0 Å². The molecule has 1 aromatic carbocycles. The predicted molar refractivity (Wildman–Crippen MR) is 84.3 cm³/mol. The fourth-order valence-corrected chi connectivity index (χ4v) is 2.22. The van der Waals surface area contributed by atoms with Crippen molar-refractivity contribution in [2.24, 2.45) is 0 Å². The average Bonchev–Trinajstić information content (AvgIpc) is 2.94. The maximum Gasteiger partial charge on any atom is 0.226 e. The number of aromatic nitrogens is 2. The second-order valence-corrected chi connectivity index (χ2v) is 6.22. The first kappa shape index (κ1) is 15.7. The highest BCUT2D eigenvalue weighted by Gasteiger charge is 2.28. The quantitative estimate of drug-likeness (QED) is 0.794. The van der Waals surface area contributed by atoms with Crippen LogP contribution in [0.1, 0.15) is 51.4 Å². The van der Waals surface area contributed by atoms with Crippen LogP contribution in [0, 0.1) is 0 Å². The first-order valence-corrected chi connectivity index (χ1v) is 7.62. The summed E-state index contributed by atoms with van der Waals surface area (Å²) in [5.41, 5.74) is 0.956. The molecule has 0 atom stereocenters. The fraction of sp³-hybridized carbons (Fsp3) is 0.529. The van der Waals surface area contributed by atoms with E-state index in [-0.39, 0.29) is 5.41 Å². The zero-order valence-corrected chi connectivity index (χ0v) is 13.4. The Balaban J connectivity index is 1.99. The van der Waals surface area contributed by atoms with Gasteiger partial charge in [-0.25, -0.2) is 0 Å². The van der Waals surface area contributed by atoms with Gasteiger partial charge >= 0.3 is 0 Å². The van der Waals surface area contributed by atoms with Crippen molar-refractivity contribution in [3.8, 4) is 0 Å². The van der Waals surface area contributed by atoms with Crippen molar-refractivity contribution in [3.63, 3.8) is 0 Å². The van der Waals surface area contributed by atoms with Crippen LogP contribution in [0.5, 0.6) is 0 Å². The Bertz CT molecular complexity index is 546. The normalized spacial score (nSPS) is 12.0. The monoisotopic (exact) mass is 287 g/mol. The molecule has 2 aromatic rings. The van der Waals surface area contributed by atoms with Gasteiger partial charge in [-0.3, -0.25) is 0 Å². The van der Waals surface area contributed by atoms with Crippen LogP contribution in [0.15, 0.2) is 34.9 Å². The van der Waals surface area contributed by atoms with Crippen LogP contribution in [0.25, 0.3) is 0 Å². The molecule has 21 heavy (non-hydrogen) atoms. The van der Waals surface area contributed by atoms with Crippen LogP contribution in [-0.2, 0) is 11.8 Å². The van der Waals surface area contributed by atoms with Crippen molar-refractivity contribution in [2.45, 2.75) is 52.0 Å². The van der Waals surface area contributed by atoms with Crippen molar-refractivity contribution < 1.29 is 4.52 Å². The van der Waals surface area contributed by atoms with E-state index in [4.69, 9.17) is 4.52 Å². The smallest absolute Gasteiger partial charge is 0.226 e. The number of hydrogen-bond donors (Lipinski definition) is 1. The molecule has 0 saturated heterocycles. The van der Waals surface area contributed by atoms with E-state index >= 15 is 0 Å². The first-order valence-electron chi connectivity index (χ1n) is 7.62. The molecule has 4 nitrogen and oxygen atoms in total. The van der Waals surface area contributed by atoms with Crippen molar-refractivity contribution in [1.29, 1.82) is 0 Å². The summed E-state index contributed by atoms with van der Waals surface area (Å²) in [5, 5.41) is 7.56. The summed E-state index contributed by atoms with van der Waals surface area (Å²) in [6.07, 6.45) is 1.82. The molecule has 1 N–H and O–H groups in total. The molecule has 0 aliphatic rings. The molecule has 0 aliphatic carbocycles. The predicted octanol–water partition coefficient (Wildman–Crippen LogP) is 3.33. The Morgan fingerprint density at radius 2 is 1.90 bits per heavy atom. The molecule has 0 bridgehead atoms. The number of nitrogens with one attached hydrogen (secondary N) is 1. The minimum atomic E-state index is -0.237. The minimum Gasteiger partial charge on any atom is -0.339 e. The summed E-state index contributed by atoms with van der Waals surface area (Å²) in [7, 11) is 0. The second-order valence-electron chi connectivity index (χ2n) is 6.22. The Hall–Kier alpha value is -1.68. The summed E-state index contributed by atoms with van der Waals surface area (Å²) < 4.78 is 5.39. The summed E-state index contributed by atoms with van der Waals surface area (Å²) in [4.78, 5) is 4.57. The standard InChI is InChI=1S/C17H25N3O/c1-13(2)18-12-8-11-15-19-16(20-21-15)17(3,4)14-9-6-5-7-10-14/h5-7,9-10,13,18H,8,11-12H2,1-4H3. The third-order valence-corrected chi connectivity index (χ3v) is 3.64. The SMILES string of the molecule is CC(C)NCCCc1nc(C(C)(C)c2ccccc2)no1. The molecule has 0 fully saturated rings. The van der Waals surface area contributed by atoms with Gasteiger partial charge in [0.25, 0.3) is 0 Å². The van der Waals surface area contributed by atoms with Crippen molar-refractivity contribution in [2.75, 3.05) is 6.54 Å². The van der Waals surface area contributed by atoms with Gasteiger partial charge in [0.1, 0.15) is 0 Å². The van der Waals surface area contributed by atoms with E-state index in [1.54, 1.807) is 0 Å². The molecule has 4 heteroatoms. The van der Waals surface area contributed by atoms with Crippen LogP contribution in [0.3, 0.4) is 0 Å². The molecule has 0 amide bonds. The lowest BCUT2D eigenvalue weighted by atomic mass is 9.84. The number of benzene rings is 1. The third kappa shape index (κ3) is 4.14. The average molecular weight is 287 g/mol. The van der Waals surface area contributed by atoms with Gasteiger partial charge in [-0.15, -0.1) is 0 Å². The van der Waals surface area contributed by atoms with E-state index < -0.39 is 0 Å². The molecule has 0 aliphatic heterocycles. The molecule has 0 radical (unpaired) electrons.